The molecule has 0 amide bonds. The molecule has 1 heterocycles. The first-order chi connectivity index (χ1) is 10.1. The van der Waals surface area contributed by atoms with E-state index in [0.29, 0.717) is 12.0 Å². The molecule has 6 heteroatoms. The van der Waals surface area contributed by atoms with Crippen LogP contribution < -0.4 is 4.90 Å². The van der Waals surface area contributed by atoms with Crippen LogP contribution in [0.15, 0.2) is 18.2 Å². The first-order valence-electron chi connectivity index (χ1n) is 7.36. The predicted octanol–water partition coefficient (Wildman–Crippen LogP) is 3.06. The molecule has 2 unspecified atom stereocenters. The molecule has 0 spiro atoms. The van der Waals surface area contributed by atoms with Crippen LogP contribution in [0.5, 0.6) is 0 Å². The van der Waals surface area contributed by atoms with Crippen molar-refractivity contribution in [2.75, 3.05) is 11.4 Å². The average molecular weight is 290 g/mol. The van der Waals surface area contributed by atoms with Gasteiger partial charge in [0.2, 0.25) is 0 Å². The van der Waals surface area contributed by atoms with E-state index in [9.17, 15) is 14.9 Å². The number of anilines is 1. The molecule has 3 rings (SSSR count). The summed E-state index contributed by atoms with van der Waals surface area (Å²) in [6.45, 7) is 0.902. The number of benzene rings is 1. The topological polar surface area (TPSA) is 83.7 Å². The van der Waals surface area contributed by atoms with Crippen molar-refractivity contribution < 1.29 is 14.8 Å². The largest absolute Gasteiger partial charge is 0.477 e. The Morgan fingerprint density at radius 1 is 1.29 bits per heavy atom. The van der Waals surface area contributed by atoms with Crippen molar-refractivity contribution in [3.05, 3.63) is 33.9 Å². The van der Waals surface area contributed by atoms with Gasteiger partial charge >= 0.3 is 5.97 Å². The number of fused-ring (bicyclic) bond motifs is 1. The molecule has 1 aromatic rings. The highest BCUT2D eigenvalue weighted by molar-refractivity contribution is 5.93. The quantitative estimate of drug-likeness (QED) is 0.683. The lowest BCUT2D eigenvalue weighted by Crippen LogP contribution is -2.34. The van der Waals surface area contributed by atoms with Crippen LogP contribution in [0.4, 0.5) is 11.4 Å². The van der Waals surface area contributed by atoms with Crippen molar-refractivity contribution in [3.63, 3.8) is 0 Å². The maximum Gasteiger partial charge on any atom is 0.342 e. The zero-order chi connectivity index (χ0) is 15.0. The average Bonchev–Trinajstić information content (AvgIpc) is 2.90. The molecule has 2 fully saturated rings. The van der Waals surface area contributed by atoms with Crippen molar-refractivity contribution >= 4 is 17.3 Å². The molecule has 6 nitrogen and oxygen atoms in total. The molecule has 0 aromatic heterocycles. The lowest BCUT2D eigenvalue weighted by molar-refractivity contribution is -0.385. The summed E-state index contributed by atoms with van der Waals surface area (Å²) in [4.78, 5) is 23.8. The van der Waals surface area contributed by atoms with E-state index in [2.05, 4.69) is 4.90 Å². The SMILES string of the molecule is O=C(O)c1ccc(N2CCC3CCCCC32)cc1[N+](=O)[O-]. The van der Waals surface area contributed by atoms with Crippen molar-refractivity contribution in [2.45, 2.75) is 38.1 Å². The third kappa shape index (κ3) is 2.46. The Kier molecular flexibility index (Phi) is 3.53. The van der Waals surface area contributed by atoms with E-state index in [1.807, 2.05) is 0 Å². The first-order valence-corrected chi connectivity index (χ1v) is 7.36. The fourth-order valence-electron chi connectivity index (χ4n) is 3.76. The van der Waals surface area contributed by atoms with Crippen LogP contribution in [-0.4, -0.2) is 28.6 Å². The summed E-state index contributed by atoms with van der Waals surface area (Å²) in [7, 11) is 0. The van der Waals surface area contributed by atoms with Crippen LogP contribution in [0.1, 0.15) is 42.5 Å². The Hall–Kier alpha value is -2.11. The van der Waals surface area contributed by atoms with Gasteiger partial charge in [-0.15, -0.1) is 0 Å². The van der Waals surface area contributed by atoms with E-state index >= 15 is 0 Å². The van der Waals surface area contributed by atoms with Gasteiger partial charge in [0.1, 0.15) is 5.56 Å². The molecule has 2 aliphatic rings. The number of hydrogen-bond donors (Lipinski definition) is 1. The van der Waals surface area contributed by atoms with Crippen molar-refractivity contribution in [1.82, 2.24) is 0 Å². The lowest BCUT2D eigenvalue weighted by atomic mass is 9.85. The smallest absolute Gasteiger partial charge is 0.342 e. The fraction of sp³-hybridized carbons (Fsp3) is 0.533. The highest BCUT2D eigenvalue weighted by Gasteiger charge is 2.36. The Morgan fingerprint density at radius 3 is 2.76 bits per heavy atom. The van der Waals surface area contributed by atoms with Gasteiger partial charge < -0.3 is 10.0 Å². The highest BCUT2D eigenvalue weighted by Crippen LogP contribution is 2.39. The maximum atomic E-state index is 11.1. The van der Waals surface area contributed by atoms with Gasteiger partial charge in [-0.3, -0.25) is 10.1 Å². The molecular weight excluding hydrogens is 272 g/mol. The number of carboxylic acid groups (broad SMARTS) is 1. The maximum absolute atomic E-state index is 11.1. The second kappa shape index (κ2) is 5.35. The molecule has 0 radical (unpaired) electrons. The molecule has 1 saturated carbocycles. The fourth-order valence-corrected chi connectivity index (χ4v) is 3.76. The summed E-state index contributed by atoms with van der Waals surface area (Å²) in [6.07, 6.45) is 5.95. The highest BCUT2D eigenvalue weighted by atomic mass is 16.6. The van der Waals surface area contributed by atoms with E-state index in [4.69, 9.17) is 5.11 Å². The van der Waals surface area contributed by atoms with Crippen LogP contribution in [0.2, 0.25) is 0 Å². The molecule has 1 N–H and O–H groups in total. The van der Waals surface area contributed by atoms with E-state index < -0.39 is 10.9 Å². The standard InChI is InChI=1S/C15H18N2O4/c18-15(19)12-6-5-11(9-14(12)17(20)21)16-8-7-10-3-1-2-4-13(10)16/h5-6,9-10,13H,1-4,7-8H2,(H,18,19). The van der Waals surface area contributed by atoms with Gasteiger partial charge in [-0.25, -0.2) is 4.79 Å². The van der Waals surface area contributed by atoms with Crippen molar-refractivity contribution in [3.8, 4) is 0 Å². The Morgan fingerprint density at radius 2 is 2.05 bits per heavy atom. The lowest BCUT2D eigenvalue weighted by Gasteiger charge is -2.33. The van der Waals surface area contributed by atoms with Gasteiger partial charge in [-0.05, 0) is 37.3 Å². The van der Waals surface area contributed by atoms with E-state index in [-0.39, 0.29) is 11.3 Å². The number of nitro benzene ring substituents is 1. The number of aromatic carboxylic acids is 1. The number of carboxylic acids is 1. The van der Waals surface area contributed by atoms with Gasteiger partial charge in [-0.2, -0.15) is 0 Å². The number of rotatable bonds is 3. The van der Waals surface area contributed by atoms with Gasteiger partial charge in [0.15, 0.2) is 0 Å². The van der Waals surface area contributed by atoms with Crippen molar-refractivity contribution in [2.24, 2.45) is 5.92 Å². The third-order valence-electron chi connectivity index (χ3n) is 4.75. The second-order valence-electron chi connectivity index (χ2n) is 5.86. The van der Waals surface area contributed by atoms with E-state index in [1.54, 1.807) is 6.07 Å². The minimum atomic E-state index is -1.26. The van der Waals surface area contributed by atoms with Crippen molar-refractivity contribution in [1.29, 1.82) is 0 Å². The number of hydrogen-bond acceptors (Lipinski definition) is 4. The van der Waals surface area contributed by atoms with Gasteiger partial charge in [0.05, 0.1) is 4.92 Å². The molecule has 1 aromatic carbocycles. The van der Waals surface area contributed by atoms with Gasteiger partial charge in [-0.1, -0.05) is 12.8 Å². The van der Waals surface area contributed by atoms with E-state index in [1.165, 1.54) is 31.4 Å². The molecule has 112 valence electrons. The molecule has 1 aliphatic heterocycles. The zero-order valence-electron chi connectivity index (χ0n) is 11.7. The van der Waals surface area contributed by atoms with Crippen LogP contribution in [-0.2, 0) is 0 Å². The minimum absolute atomic E-state index is 0.247. The summed E-state index contributed by atoms with van der Waals surface area (Å²) in [6, 6.07) is 4.92. The number of nitro groups is 1. The monoisotopic (exact) mass is 290 g/mol. The summed E-state index contributed by atoms with van der Waals surface area (Å²) in [5, 5.41) is 20.1. The molecule has 1 aliphatic carbocycles. The third-order valence-corrected chi connectivity index (χ3v) is 4.75. The zero-order valence-corrected chi connectivity index (χ0v) is 11.7. The van der Waals surface area contributed by atoms with Crippen LogP contribution >= 0.6 is 0 Å². The first kappa shape index (κ1) is 13.9. The second-order valence-corrected chi connectivity index (χ2v) is 5.86. The van der Waals surface area contributed by atoms with Crippen LogP contribution in [0, 0.1) is 16.0 Å². The summed E-state index contributed by atoms with van der Waals surface area (Å²) in [5.74, 6) is -0.581. The number of carbonyl (C=O) groups is 1. The Bertz CT molecular complexity index is 587. The summed E-state index contributed by atoms with van der Waals surface area (Å²) >= 11 is 0. The predicted molar refractivity (Wildman–Crippen MR) is 77.8 cm³/mol. The van der Waals surface area contributed by atoms with Crippen LogP contribution in [0.25, 0.3) is 0 Å². The van der Waals surface area contributed by atoms with Gasteiger partial charge in [0.25, 0.3) is 5.69 Å². The van der Waals surface area contributed by atoms with E-state index in [0.717, 1.165) is 25.1 Å². The molecular formula is C15H18N2O4. The molecule has 2 atom stereocenters. The Labute approximate surface area is 122 Å². The molecule has 1 saturated heterocycles. The Balaban J connectivity index is 1.94. The normalized spacial score (nSPS) is 24.7. The molecule has 0 bridgehead atoms. The number of nitrogens with zero attached hydrogens (tertiary/aromatic N) is 2. The van der Waals surface area contributed by atoms with Crippen LogP contribution in [0.3, 0.4) is 0 Å². The molecule has 21 heavy (non-hydrogen) atoms. The summed E-state index contributed by atoms with van der Waals surface area (Å²) < 4.78 is 0. The minimum Gasteiger partial charge on any atom is -0.477 e. The summed E-state index contributed by atoms with van der Waals surface area (Å²) in [5.41, 5.74) is 0.212. The van der Waals surface area contributed by atoms with Gasteiger partial charge in [0, 0.05) is 24.3 Å².